The van der Waals surface area contributed by atoms with Gasteiger partial charge in [-0.1, -0.05) is 6.07 Å². The number of carbonyl (C=O) groups is 1. The van der Waals surface area contributed by atoms with Crippen molar-refractivity contribution in [1.29, 1.82) is 0 Å². The summed E-state index contributed by atoms with van der Waals surface area (Å²) in [4.78, 5) is 10.8. The van der Waals surface area contributed by atoms with Crippen LogP contribution < -0.4 is 0 Å². The Morgan fingerprint density at radius 2 is 1.67 bits per heavy atom. The van der Waals surface area contributed by atoms with Crippen molar-refractivity contribution in [2.24, 2.45) is 0 Å². The van der Waals surface area contributed by atoms with Gasteiger partial charge in [0.05, 0.1) is 5.56 Å². The summed E-state index contributed by atoms with van der Waals surface area (Å²) < 4.78 is 18.6. The molecule has 0 aliphatic heterocycles. The average Bonchev–Trinajstić information content (AvgIpc) is 2.97. The molecule has 3 rings (SSSR count). The maximum atomic E-state index is 13.2. The summed E-state index contributed by atoms with van der Waals surface area (Å²) >= 11 is 0. The number of nitrogens with zero attached hydrogens (tertiary/aromatic N) is 2. The summed E-state index contributed by atoms with van der Waals surface area (Å²) in [6.07, 6.45) is 0. The van der Waals surface area contributed by atoms with Crippen LogP contribution in [0.3, 0.4) is 0 Å². The molecule has 0 amide bonds. The maximum absolute atomic E-state index is 13.2. The van der Waals surface area contributed by atoms with Crippen molar-refractivity contribution in [2.45, 2.75) is 0 Å². The number of aromatic carboxylic acids is 1. The Hall–Kier alpha value is -3.02. The normalized spacial score (nSPS) is 10.5. The number of rotatable bonds is 3. The van der Waals surface area contributed by atoms with Gasteiger partial charge in [0.1, 0.15) is 5.82 Å². The molecule has 1 N–H and O–H groups in total. The number of carboxylic acids is 1. The first-order chi connectivity index (χ1) is 10.1. The zero-order valence-corrected chi connectivity index (χ0v) is 10.7. The highest BCUT2D eigenvalue weighted by Crippen LogP contribution is 2.24. The molecule has 0 radical (unpaired) electrons. The summed E-state index contributed by atoms with van der Waals surface area (Å²) in [5.74, 6) is -0.955. The minimum atomic E-state index is -1.01. The third-order valence-corrected chi connectivity index (χ3v) is 2.88. The lowest BCUT2D eigenvalue weighted by atomic mass is 10.1. The molecular weight excluding hydrogens is 275 g/mol. The number of benzene rings is 2. The smallest absolute Gasteiger partial charge is 0.335 e. The molecule has 0 spiro atoms. The molecule has 0 saturated carbocycles. The van der Waals surface area contributed by atoms with E-state index in [1.165, 1.54) is 24.3 Å². The van der Waals surface area contributed by atoms with Gasteiger partial charge >= 0.3 is 5.97 Å². The quantitative estimate of drug-likeness (QED) is 0.799. The van der Waals surface area contributed by atoms with E-state index in [0.29, 0.717) is 11.1 Å². The molecule has 0 atom stereocenters. The second-order valence-electron chi connectivity index (χ2n) is 4.31. The Labute approximate surface area is 118 Å². The first kappa shape index (κ1) is 13.0. The van der Waals surface area contributed by atoms with Crippen molar-refractivity contribution in [2.75, 3.05) is 0 Å². The van der Waals surface area contributed by atoms with Gasteiger partial charge in [-0.3, -0.25) is 0 Å². The van der Waals surface area contributed by atoms with Gasteiger partial charge in [-0.2, -0.15) is 0 Å². The van der Waals surface area contributed by atoms with Crippen LogP contribution in [0, 0.1) is 5.82 Å². The van der Waals surface area contributed by atoms with Crippen LogP contribution >= 0.6 is 0 Å². The summed E-state index contributed by atoms with van der Waals surface area (Å²) in [7, 11) is 0. The van der Waals surface area contributed by atoms with Crippen molar-refractivity contribution >= 4 is 5.97 Å². The summed E-state index contributed by atoms with van der Waals surface area (Å²) in [6.45, 7) is 0. The van der Waals surface area contributed by atoms with E-state index < -0.39 is 11.8 Å². The minimum Gasteiger partial charge on any atom is -0.478 e. The minimum absolute atomic E-state index is 0.170. The Balaban J connectivity index is 1.93. The number of hydrogen-bond donors (Lipinski definition) is 1. The number of hydrogen-bond acceptors (Lipinski definition) is 4. The van der Waals surface area contributed by atoms with Crippen LogP contribution in [-0.4, -0.2) is 21.3 Å². The molecule has 0 aliphatic carbocycles. The van der Waals surface area contributed by atoms with Crippen LogP contribution in [0.5, 0.6) is 0 Å². The van der Waals surface area contributed by atoms with Gasteiger partial charge in [0, 0.05) is 11.1 Å². The summed E-state index contributed by atoms with van der Waals surface area (Å²) in [5, 5.41) is 16.6. The van der Waals surface area contributed by atoms with Gasteiger partial charge in [-0.25, -0.2) is 9.18 Å². The van der Waals surface area contributed by atoms with Crippen molar-refractivity contribution in [3.63, 3.8) is 0 Å². The van der Waals surface area contributed by atoms with Crippen LogP contribution in [0.4, 0.5) is 4.39 Å². The zero-order valence-electron chi connectivity index (χ0n) is 10.7. The van der Waals surface area contributed by atoms with Crippen molar-refractivity contribution in [3.8, 4) is 22.9 Å². The van der Waals surface area contributed by atoms with E-state index in [9.17, 15) is 9.18 Å². The lowest BCUT2D eigenvalue weighted by Crippen LogP contribution is -1.94. The first-order valence-corrected chi connectivity index (χ1v) is 6.06. The highest BCUT2D eigenvalue weighted by atomic mass is 19.1. The van der Waals surface area contributed by atoms with Gasteiger partial charge in [-0.05, 0) is 42.5 Å². The molecule has 0 unspecified atom stereocenters. The SMILES string of the molecule is O=C(O)c1ccc(-c2nnc(-c3cccc(F)c3)o2)cc1. The van der Waals surface area contributed by atoms with Crippen LogP contribution in [0.15, 0.2) is 52.9 Å². The van der Waals surface area contributed by atoms with E-state index in [2.05, 4.69) is 10.2 Å². The standard InChI is InChI=1S/C15H9FN2O3/c16-12-3-1-2-11(8-12)14-18-17-13(21-14)9-4-6-10(7-5-9)15(19)20/h1-8H,(H,19,20). The number of halogens is 1. The largest absolute Gasteiger partial charge is 0.478 e. The Morgan fingerprint density at radius 3 is 2.29 bits per heavy atom. The zero-order chi connectivity index (χ0) is 14.8. The molecule has 0 saturated heterocycles. The Morgan fingerprint density at radius 1 is 1.00 bits per heavy atom. The fourth-order valence-electron chi connectivity index (χ4n) is 1.83. The lowest BCUT2D eigenvalue weighted by Gasteiger charge is -1.97. The van der Waals surface area contributed by atoms with Crippen LogP contribution in [0.1, 0.15) is 10.4 Å². The summed E-state index contributed by atoms with van der Waals surface area (Å²) in [6, 6.07) is 11.9. The van der Waals surface area contributed by atoms with E-state index in [1.807, 2.05) is 0 Å². The Kier molecular flexibility index (Phi) is 3.19. The molecule has 6 heteroatoms. The van der Waals surface area contributed by atoms with Crippen LogP contribution in [-0.2, 0) is 0 Å². The predicted molar refractivity (Wildman–Crippen MR) is 72.1 cm³/mol. The van der Waals surface area contributed by atoms with E-state index >= 15 is 0 Å². The van der Waals surface area contributed by atoms with Crippen molar-refractivity contribution < 1.29 is 18.7 Å². The van der Waals surface area contributed by atoms with E-state index in [4.69, 9.17) is 9.52 Å². The molecule has 0 bridgehead atoms. The van der Waals surface area contributed by atoms with Gasteiger partial charge < -0.3 is 9.52 Å². The van der Waals surface area contributed by atoms with E-state index in [1.54, 1.807) is 24.3 Å². The third kappa shape index (κ3) is 2.64. The maximum Gasteiger partial charge on any atom is 0.335 e. The second kappa shape index (κ2) is 5.16. The van der Waals surface area contributed by atoms with E-state index in [-0.39, 0.29) is 17.3 Å². The molecule has 1 aromatic heterocycles. The van der Waals surface area contributed by atoms with Crippen LogP contribution in [0.25, 0.3) is 22.9 Å². The van der Waals surface area contributed by atoms with Gasteiger partial charge in [-0.15, -0.1) is 10.2 Å². The molecular formula is C15H9FN2O3. The summed E-state index contributed by atoms with van der Waals surface area (Å²) in [5.41, 5.74) is 1.25. The molecule has 5 nitrogen and oxygen atoms in total. The van der Waals surface area contributed by atoms with E-state index in [0.717, 1.165) is 0 Å². The Bertz CT molecular complexity index is 797. The second-order valence-corrected chi connectivity index (χ2v) is 4.31. The molecule has 21 heavy (non-hydrogen) atoms. The molecule has 0 fully saturated rings. The predicted octanol–water partition coefficient (Wildman–Crippen LogP) is 3.24. The van der Waals surface area contributed by atoms with Crippen molar-refractivity contribution in [3.05, 3.63) is 59.9 Å². The van der Waals surface area contributed by atoms with Gasteiger partial charge in [0.25, 0.3) is 0 Å². The highest BCUT2D eigenvalue weighted by molar-refractivity contribution is 5.88. The molecule has 104 valence electrons. The fourth-order valence-corrected chi connectivity index (χ4v) is 1.83. The lowest BCUT2D eigenvalue weighted by molar-refractivity contribution is 0.0697. The monoisotopic (exact) mass is 284 g/mol. The molecule has 0 aliphatic rings. The van der Waals surface area contributed by atoms with Crippen LogP contribution in [0.2, 0.25) is 0 Å². The van der Waals surface area contributed by atoms with Gasteiger partial charge in [0.2, 0.25) is 11.8 Å². The van der Waals surface area contributed by atoms with Crippen molar-refractivity contribution in [1.82, 2.24) is 10.2 Å². The number of aromatic nitrogens is 2. The fraction of sp³-hybridized carbons (Fsp3) is 0. The highest BCUT2D eigenvalue weighted by Gasteiger charge is 2.11. The number of carboxylic acid groups (broad SMARTS) is 1. The first-order valence-electron chi connectivity index (χ1n) is 6.06. The molecule has 3 aromatic rings. The molecule has 2 aromatic carbocycles. The van der Waals surface area contributed by atoms with Gasteiger partial charge in [0.15, 0.2) is 0 Å². The topological polar surface area (TPSA) is 76.2 Å². The molecule has 1 heterocycles. The average molecular weight is 284 g/mol. The third-order valence-electron chi connectivity index (χ3n) is 2.88.